The quantitative estimate of drug-likeness (QED) is 0.207. The van der Waals surface area contributed by atoms with Gasteiger partial charge in [0.2, 0.25) is 0 Å². The number of nitrogens with one attached hydrogen (secondary N) is 1. The number of aromatic nitrogens is 1. The number of anilines is 1. The number of rotatable bonds is 10. The first-order valence-electron chi connectivity index (χ1n) is 12.2. The van der Waals surface area contributed by atoms with Crippen molar-refractivity contribution in [2.24, 2.45) is 5.10 Å². The fourth-order valence-corrected chi connectivity index (χ4v) is 5.83. The Morgan fingerprint density at radius 2 is 1.70 bits per heavy atom. The van der Waals surface area contributed by atoms with E-state index in [0.29, 0.717) is 10.8 Å². The van der Waals surface area contributed by atoms with Crippen LogP contribution >= 0.6 is 11.6 Å². The molecule has 4 rings (SSSR count). The van der Waals surface area contributed by atoms with E-state index >= 15 is 0 Å². The first-order chi connectivity index (χ1) is 19.1. The van der Waals surface area contributed by atoms with Crippen molar-refractivity contribution in [3.8, 4) is 17.2 Å². The lowest BCUT2D eigenvalue weighted by Gasteiger charge is -2.25. The van der Waals surface area contributed by atoms with E-state index in [-0.39, 0.29) is 16.3 Å². The molecular formula is C29H29ClN4O5S. The third-order valence-corrected chi connectivity index (χ3v) is 8.25. The number of hydrogen-bond donors (Lipinski definition) is 1. The topological polar surface area (TPSA) is 102 Å². The minimum absolute atomic E-state index is 0.0193. The Kier molecular flexibility index (Phi) is 8.81. The van der Waals surface area contributed by atoms with Crippen molar-refractivity contribution in [1.29, 1.82) is 0 Å². The Hall–Kier alpha value is -4.28. The normalized spacial score (nSPS) is 11.4. The minimum Gasteiger partial charge on any atom is -0.497 e. The molecule has 0 aliphatic carbocycles. The van der Waals surface area contributed by atoms with Gasteiger partial charge in [-0.2, -0.15) is 5.10 Å². The number of benzene rings is 3. The van der Waals surface area contributed by atoms with E-state index in [4.69, 9.17) is 21.1 Å². The molecule has 40 heavy (non-hydrogen) atoms. The number of sulfonamides is 1. The Bertz CT molecular complexity index is 1640. The molecule has 1 heterocycles. The number of methoxy groups -OCH3 is 2. The van der Waals surface area contributed by atoms with Crippen LogP contribution in [0.15, 0.2) is 88.9 Å². The van der Waals surface area contributed by atoms with E-state index in [0.717, 1.165) is 26.9 Å². The molecule has 1 aromatic heterocycles. The van der Waals surface area contributed by atoms with E-state index in [9.17, 15) is 13.2 Å². The maximum Gasteiger partial charge on any atom is 0.264 e. The predicted molar refractivity (Wildman–Crippen MR) is 157 cm³/mol. The van der Waals surface area contributed by atoms with Gasteiger partial charge in [0.1, 0.15) is 18.0 Å². The number of hydrazone groups is 1. The fourth-order valence-electron chi connectivity index (χ4n) is 4.26. The number of carbonyl (C=O) groups is 1. The van der Waals surface area contributed by atoms with Gasteiger partial charge in [-0.05, 0) is 68.4 Å². The van der Waals surface area contributed by atoms with Gasteiger partial charge in [0.05, 0.1) is 31.0 Å². The SMILES string of the molecule is COc1ccc(OC)c(N(CC(=O)N/N=C/c2cc(C)n(-c3ccc(Cl)cc3)c2C)S(=O)(=O)c2ccccc2)c1. The number of nitrogens with zero attached hydrogens (tertiary/aromatic N) is 3. The van der Waals surface area contributed by atoms with Crippen LogP contribution in [0, 0.1) is 13.8 Å². The summed E-state index contributed by atoms with van der Waals surface area (Å²) in [5.41, 5.74) is 6.21. The zero-order valence-electron chi connectivity index (χ0n) is 22.5. The highest BCUT2D eigenvalue weighted by Crippen LogP contribution is 2.35. The lowest BCUT2D eigenvalue weighted by atomic mass is 10.2. The summed E-state index contributed by atoms with van der Waals surface area (Å²) < 4.78 is 41.1. The van der Waals surface area contributed by atoms with Gasteiger partial charge in [-0.25, -0.2) is 13.8 Å². The molecule has 0 saturated carbocycles. The predicted octanol–water partition coefficient (Wildman–Crippen LogP) is 5.11. The van der Waals surface area contributed by atoms with Gasteiger partial charge in [0.15, 0.2) is 0 Å². The van der Waals surface area contributed by atoms with E-state index in [1.807, 2.05) is 48.7 Å². The van der Waals surface area contributed by atoms with Crippen LogP contribution in [0.2, 0.25) is 5.02 Å². The zero-order valence-corrected chi connectivity index (χ0v) is 24.0. The van der Waals surface area contributed by atoms with Crippen molar-refractivity contribution in [3.63, 3.8) is 0 Å². The Morgan fingerprint density at radius 3 is 2.35 bits per heavy atom. The Balaban J connectivity index is 1.60. The maximum absolute atomic E-state index is 13.7. The second kappa shape index (κ2) is 12.3. The molecule has 0 radical (unpaired) electrons. The van der Waals surface area contributed by atoms with E-state index < -0.39 is 22.5 Å². The van der Waals surface area contributed by atoms with Gasteiger partial charge >= 0.3 is 0 Å². The highest BCUT2D eigenvalue weighted by atomic mass is 35.5. The number of carbonyl (C=O) groups excluding carboxylic acids is 1. The number of hydrogen-bond acceptors (Lipinski definition) is 6. The van der Waals surface area contributed by atoms with Crippen LogP contribution in [0.5, 0.6) is 11.5 Å². The molecule has 0 atom stereocenters. The van der Waals surface area contributed by atoms with Gasteiger partial charge in [0.25, 0.3) is 15.9 Å². The number of halogens is 1. The Labute approximate surface area is 238 Å². The number of ether oxygens (including phenoxy) is 2. The van der Waals surface area contributed by atoms with Crippen LogP contribution in [0.1, 0.15) is 17.0 Å². The van der Waals surface area contributed by atoms with Crippen molar-refractivity contribution in [2.75, 3.05) is 25.1 Å². The van der Waals surface area contributed by atoms with Crippen LogP contribution in [0.3, 0.4) is 0 Å². The second-order valence-corrected chi connectivity index (χ2v) is 11.1. The molecule has 0 bridgehead atoms. The van der Waals surface area contributed by atoms with E-state index in [2.05, 4.69) is 10.5 Å². The summed E-state index contributed by atoms with van der Waals surface area (Å²) in [7, 11) is -1.27. The maximum atomic E-state index is 13.7. The summed E-state index contributed by atoms with van der Waals surface area (Å²) in [6, 6.07) is 22.0. The average Bonchev–Trinajstić information content (AvgIpc) is 3.24. The number of amides is 1. The summed E-state index contributed by atoms with van der Waals surface area (Å²) >= 11 is 6.03. The zero-order chi connectivity index (χ0) is 28.9. The lowest BCUT2D eigenvalue weighted by Crippen LogP contribution is -2.39. The van der Waals surface area contributed by atoms with Crippen LogP contribution in [0.4, 0.5) is 5.69 Å². The first kappa shape index (κ1) is 28.7. The smallest absolute Gasteiger partial charge is 0.264 e. The highest BCUT2D eigenvalue weighted by Gasteiger charge is 2.30. The second-order valence-electron chi connectivity index (χ2n) is 8.79. The molecule has 9 nitrogen and oxygen atoms in total. The van der Waals surface area contributed by atoms with Gasteiger partial charge in [-0.15, -0.1) is 0 Å². The molecule has 11 heteroatoms. The summed E-state index contributed by atoms with van der Waals surface area (Å²) in [5.74, 6) is 0.0110. The molecule has 0 saturated heterocycles. The standard InChI is InChI=1S/C29H29ClN4O5S/c1-20-16-22(21(2)34(20)24-12-10-23(30)11-13-24)18-31-32-29(35)19-33(40(36,37)26-8-6-5-7-9-26)27-17-25(38-3)14-15-28(27)39-4/h5-18H,19H2,1-4H3,(H,32,35)/b31-18+. The minimum atomic E-state index is -4.15. The van der Waals surface area contributed by atoms with Crippen molar-refractivity contribution in [2.45, 2.75) is 18.7 Å². The Morgan fingerprint density at radius 1 is 1.00 bits per heavy atom. The van der Waals surface area contributed by atoms with Crippen molar-refractivity contribution < 1.29 is 22.7 Å². The molecule has 208 valence electrons. The molecule has 0 unspecified atom stereocenters. The molecule has 3 aromatic carbocycles. The van der Waals surface area contributed by atoms with Gasteiger partial charge in [-0.1, -0.05) is 29.8 Å². The van der Waals surface area contributed by atoms with E-state index in [1.165, 1.54) is 38.6 Å². The monoisotopic (exact) mass is 580 g/mol. The molecule has 4 aromatic rings. The van der Waals surface area contributed by atoms with Crippen LogP contribution in [-0.2, 0) is 14.8 Å². The summed E-state index contributed by atoms with van der Waals surface area (Å²) in [6.45, 7) is 3.35. The molecule has 1 amide bonds. The van der Waals surface area contributed by atoms with Crippen molar-refractivity contribution in [3.05, 3.63) is 101 Å². The number of aryl methyl sites for hydroxylation is 1. The summed E-state index contributed by atoms with van der Waals surface area (Å²) in [6.07, 6.45) is 1.52. The molecule has 0 fully saturated rings. The molecule has 0 spiro atoms. The molecule has 0 aliphatic heterocycles. The van der Waals surface area contributed by atoms with Crippen LogP contribution < -0.4 is 19.2 Å². The lowest BCUT2D eigenvalue weighted by molar-refractivity contribution is -0.119. The van der Waals surface area contributed by atoms with E-state index in [1.54, 1.807) is 30.3 Å². The van der Waals surface area contributed by atoms with Crippen molar-refractivity contribution in [1.82, 2.24) is 9.99 Å². The molecular weight excluding hydrogens is 552 g/mol. The average molecular weight is 581 g/mol. The molecule has 0 aliphatic rings. The fraction of sp³-hybridized carbons (Fsp3) is 0.172. The summed E-state index contributed by atoms with van der Waals surface area (Å²) in [4.78, 5) is 13.1. The third kappa shape index (κ3) is 6.13. The van der Waals surface area contributed by atoms with Gasteiger partial charge in [-0.3, -0.25) is 9.10 Å². The highest BCUT2D eigenvalue weighted by molar-refractivity contribution is 7.92. The third-order valence-electron chi connectivity index (χ3n) is 6.22. The van der Waals surface area contributed by atoms with Crippen LogP contribution in [0.25, 0.3) is 5.69 Å². The largest absolute Gasteiger partial charge is 0.497 e. The first-order valence-corrected chi connectivity index (χ1v) is 14.0. The summed E-state index contributed by atoms with van der Waals surface area (Å²) in [5, 5.41) is 4.75. The van der Waals surface area contributed by atoms with Crippen LogP contribution in [-0.4, -0.2) is 45.9 Å². The van der Waals surface area contributed by atoms with Crippen molar-refractivity contribution >= 4 is 39.4 Å². The molecule has 1 N–H and O–H groups in total. The van der Waals surface area contributed by atoms with Gasteiger partial charge < -0.3 is 14.0 Å². The van der Waals surface area contributed by atoms with Gasteiger partial charge in [0, 0.05) is 33.7 Å².